The normalized spacial score (nSPS) is 20.3. The second kappa shape index (κ2) is 9.73. The Hall–Kier alpha value is -3.22. The molecule has 1 aromatic carbocycles. The largest absolute Gasteiger partial charge is 0.369 e. The topological polar surface area (TPSA) is 96.6 Å². The van der Waals surface area contributed by atoms with Gasteiger partial charge in [0.25, 0.3) is 5.91 Å². The van der Waals surface area contributed by atoms with E-state index in [0.717, 1.165) is 24.9 Å². The standard InChI is InChI=1S/C26H32N4O3/c1-19(31)30-13-5-8-22(18-30)23-9-3-2-6-20(23)16-26(25(27)33)10-14-29(15-11-26)24(32)21-7-4-12-28-17-21/h2-4,6-7,9,12,17,22H,5,8,10-11,13-16,18H2,1H3,(H2,27,33). The number of carbonyl (C=O) groups is 3. The number of piperidine rings is 2. The van der Waals surface area contributed by atoms with Gasteiger partial charge < -0.3 is 15.5 Å². The molecular formula is C26H32N4O3. The molecule has 4 rings (SSSR count). The number of likely N-dealkylation sites (tertiary alicyclic amines) is 2. The number of primary amides is 1. The third kappa shape index (κ3) is 4.92. The van der Waals surface area contributed by atoms with E-state index >= 15 is 0 Å². The number of carbonyl (C=O) groups excluding carboxylic acids is 3. The van der Waals surface area contributed by atoms with Gasteiger partial charge in [0.2, 0.25) is 11.8 Å². The zero-order chi connectivity index (χ0) is 23.4. The summed E-state index contributed by atoms with van der Waals surface area (Å²) in [4.78, 5) is 45.2. The number of rotatable bonds is 5. The second-order valence-electron chi connectivity index (χ2n) is 9.36. The third-order valence-corrected chi connectivity index (χ3v) is 7.33. The van der Waals surface area contributed by atoms with Gasteiger partial charge in [-0.2, -0.15) is 0 Å². The smallest absolute Gasteiger partial charge is 0.255 e. The minimum Gasteiger partial charge on any atom is -0.369 e. The first-order valence-corrected chi connectivity index (χ1v) is 11.7. The molecule has 3 heterocycles. The van der Waals surface area contributed by atoms with Crippen LogP contribution in [0.2, 0.25) is 0 Å². The Kier molecular flexibility index (Phi) is 6.77. The van der Waals surface area contributed by atoms with Gasteiger partial charge in [-0.1, -0.05) is 24.3 Å². The van der Waals surface area contributed by atoms with Crippen LogP contribution in [0.4, 0.5) is 0 Å². The Morgan fingerprint density at radius 2 is 1.82 bits per heavy atom. The number of aromatic nitrogens is 1. The van der Waals surface area contributed by atoms with E-state index in [1.54, 1.807) is 36.4 Å². The molecule has 3 amide bonds. The maximum Gasteiger partial charge on any atom is 0.255 e. The Morgan fingerprint density at radius 3 is 2.48 bits per heavy atom. The number of amides is 3. The summed E-state index contributed by atoms with van der Waals surface area (Å²) in [5.74, 6) is 0.000327. The maximum atomic E-state index is 12.8. The fourth-order valence-electron chi connectivity index (χ4n) is 5.29. The van der Waals surface area contributed by atoms with Crippen LogP contribution in [0.1, 0.15) is 60.0 Å². The summed E-state index contributed by atoms with van der Waals surface area (Å²) in [6.07, 6.45) is 6.85. The summed E-state index contributed by atoms with van der Waals surface area (Å²) in [6.45, 7) is 4.11. The summed E-state index contributed by atoms with van der Waals surface area (Å²) >= 11 is 0. The van der Waals surface area contributed by atoms with Crippen molar-refractivity contribution in [1.29, 1.82) is 0 Å². The van der Waals surface area contributed by atoms with Gasteiger partial charge in [0, 0.05) is 51.4 Å². The van der Waals surface area contributed by atoms with Gasteiger partial charge in [0.15, 0.2) is 0 Å². The van der Waals surface area contributed by atoms with Crippen molar-refractivity contribution < 1.29 is 14.4 Å². The quantitative estimate of drug-likeness (QED) is 0.761. The lowest BCUT2D eigenvalue weighted by molar-refractivity contribution is -0.130. The average molecular weight is 449 g/mol. The molecule has 1 aromatic heterocycles. The van der Waals surface area contributed by atoms with Gasteiger partial charge in [-0.15, -0.1) is 0 Å². The molecule has 7 nitrogen and oxygen atoms in total. The van der Waals surface area contributed by atoms with Crippen LogP contribution in [-0.4, -0.2) is 58.7 Å². The molecule has 0 bridgehead atoms. The highest BCUT2D eigenvalue weighted by atomic mass is 16.2. The molecule has 0 saturated carbocycles. The molecule has 7 heteroatoms. The summed E-state index contributed by atoms with van der Waals surface area (Å²) in [5.41, 5.74) is 8.17. The Bertz CT molecular complexity index is 1020. The molecule has 2 N–H and O–H groups in total. The minimum absolute atomic E-state index is 0.0619. The lowest BCUT2D eigenvalue weighted by atomic mass is 9.71. The SMILES string of the molecule is CC(=O)N1CCCC(c2ccccc2CC2(C(N)=O)CCN(C(=O)c3cccnc3)CC2)C1. The zero-order valence-electron chi connectivity index (χ0n) is 19.2. The highest BCUT2D eigenvalue weighted by Gasteiger charge is 2.42. The predicted octanol–water partition coefficient (Wildman–Crippen LogP) is 2.76. The van der Waals surface area contributed by atoms with Crippen molar-refractivity contribution in [1.82, 2.24) is 14.8 Å². The molecular weight excluding hydrogens is 416 g/mol. The number of hydrogen-bond donors (Lipinski definition) is 1. The molecule has 0 aliphatic carbocycles. The molecule has 33 heavy (non-hydrogen) atoms. The van der Waals surface area contributed by atoms with Crippen molar-refractivity contribution in [2.24, 2.45) is 11.1 Å². The van der Waals surface area contributed by atoms with Crippen molar-refractivity contribution in [3.05, 3.63) is 65.5 Å². The van der Waals surface area contributed by atoms with Gasteiger partial charge >= 0.3 is 0 Å². The predicted molar refractivity (Wildman–Crippen MR) is 125 cm³/mol. The molecule has 174 valence electrons. The number of hydrogen-bond acceptors (Lipinski definition) is 4. The highest BCUT2D eigenvalue weighted by molar-refractivity contribution is 5.94. The van der Waals surface area contributed by atoms with Crippen LogP contribution in [0.15, 0.2) is 48.8 Å². The van der Waals surface area contributed by atoms with Crippen LogP contribution < -0.4 is 5.73 Å². The maximum absolute atomic E-state index is 12.8. The first kappa shape index (κ1) is 23.0. The molecule has 2 aromatic rings. The zero-order valence-corrected chi connectivity index (χ0v) is 19.2. The van der Waals surface area contributed by atoms with Crippen LogP contribution in [0.3, 0.4) is 0 Å². The fraction of sp³-hybridized carbons (Fsp3) is 0.462. The average Bonchev–Trinajstić information content (AvgIpc) is 2.85. The van der Waals surface area contributed by atoms with E-state index in [9.17, 15) is 14.4 Å². The number of nitrogens with zero attached hydrogens (tertiary/aromatic N) is 3. The van der Waals surface area contributed by atoms with E-state index < -0.39 is 5.41 Å². The summed E-state index contributed by atoms with van der Waals surface area (Å²) < 4.78 is 0. The first-order chi connectivity index (χ1) is 15.9. The lowest BCUT2D eigenvalue weighted by Gasteiger charge is -2.40. The number of nitrogens with two attached hydrogens (primary N) is 1. The van der Waals surface area contributed by atoms with Crippen molar-refractivity contribution in [2.45, 2.75) is 44.9 Å². The Balaban J connectivity index is 1.51. The van der Waals surface area contributed by atoms with Crippen molar-refractivity contribution in [2.75, 3.05) is 26.2 Å². The molecule has 2 aliphatic rings. The van der Waals surface area contributed by atoms with Gasteiger partial charge in [0.05, 0.1) is 11.0 Å². The van der Waals surface area contributed by atoms with Crippen LogP contribution in [0.25, 0.3) is 0 Å². The number of pyridine rings is 1. The van der Waals surface area contributed by atoms with E-state index in [4.69, 9.17) is 5.73 Å². The van der Waals surface area contributed by atoms with Crippen molar-refractivity contribution in [3.63, 3.8) is 0 Å². The van der Waals surface area contributed by atoms with Crippen LogP contribution in [0.5, 0.6) is 0 Å². The van der Waals surface area contributed by atoms with E-state index in [2.05, 4.69) is 17.1 Å². The molecule has 2 saturated heterocycles. The molecule has 0 spiro atoms. The molecule has 2 fully saturated rings. The third-order valence-electron chi connectivity index (χ3n) is 7.33. The van der Waals surface area contributed by atoms with Crippen molar-refractivity contribution in [3.8, 4) is 0 Å². The monoisotopic (exact) mass is 448 g/mol. The summed E-state index contributed by atoms with van der Waals surface area (Å²) in [5, 5.41) is 0. The molecule has 0 radical (unpaired) electrons. The first-order valence-electron chi connectivity index (χ1n) is 11.7. The second-order valence-corrected chi connectivity index (χ2v) is 9.36. The van der Waals surface area contributed by atoms with Gasteiger partial charge in [-0.05, 0) is 55.4 Å². The fourth-order valence-corrected chi connectivity index (χ4v) is 5.29. The van der Waals surface area contributed by atoms with E-state index in [1.807, 2.05) is 17.0 Å². The van der Waals surface area contributed by atoms with Gasteiger partial charge in [0.1, 0.15) is 0 Å². The van der Waals surface area contributed by atoms with Crippen LogP contribution >= 0.6 is 0 Å². The summed E-state index contributed by atoms with van der Waals surface area (Å²) in [7, 11) is 0. The van der Waals surface area contributed by atoms with E-state index in [-0.39, 0.29) is 23.6 Å². The van der Waals surface area contributed by atoms with Crippen LogP contribution in [0, 0.1) is 5.41 Å². The van der Waals surface area contributed by atoms with E-state index in [0.29, 0.717) is 44.5 Å². The van der Waals surface area contributed by atoms with Gasteiger partial charge in [-0.25, -0.2) is 0 Å². The molecule has 2 aliphatic heterocycles. The lowest BCUT2D eigenvalue weighted by Crippen LogP contribution is -2.50. The van der Waals surface area contributed by atoms with E-state index in [1.165, 1.54) is 5.56 Å². The Labute approximate surface area is 195 Å². The number of benzene rings is 1. The van der Waals surface area contributed by atoms with Gasteiger partial charge in [-0.3, -0.25) is 19.4 Å². The molecule has 1 unspecified atom stereocenters. The molecule has 1 atom stereocenters. The summed E-state index contributed by atoms with van der Waals surface area (Å²) in [6, 6.07) is 11.7. The van der Waals surface area contributed by atoms with Crippen molar-refractivity contribution >= 4 is 17.7 Å². The highest BCUT2D eigenvalue weighted by Crippen LogP contribution is 2.38. The van der Waals surface area contributed by atoms with Crippen LogP contribution in [-0.2, 0) is 16.0 Å². The minimum atomic E-state index is -0.684. The Morgan fingerprint density at radius 1 is 1.06 bits per heavy atom.